The average Bonchev–Trinajstić information content (AvgIpc) is 2.37. The van der Waals surface area contributed by atoms with Gasteiger partial charge in [0.1, 0.15) is 12.4 Å². The summed E-state index contributed by atoms with van der Waals surface area (Å²) in [6, 6.07) is 9.98. The summed E-state index contributed by atoms with van der Waals surface area (Å²) >= 11 is 0. The minimum absolute atomic E-state index is 0.0224. The average molecular weight is 242 g/mol. The van der Waals surface area contributed by atoms with E-state index in [1.54, 1.807) is 0 Å². The molecule has 0 bridgehead atoms. The number of aryl methyl sites for hydroxylation is 1. The van der Waals surface area contributed by atoms with Crippen LogP contribution in [0.4, 0.5) is 0 Å². The van der Waals surface area contributed by atoms with E-state index in [-0.39, 0.29) is 6.04 Å². The minimum atomic E-state index is 0.0224. The van der Waals surface area contributed by atoms with Crippen LogP contribution in [-0.2, 0) is 6.61 Å². The highest BCUT2D eigenvalue weighted by Gasteiger charge is 2.02. The van der Waals surface area contributed by atoms with Crippen molar-refractivity contribution in [3.8, 4) is 5.75 Å². The molecular weight excluding hydrogens is 224 g/mol. The summed E-state index contributed by atoms with van der Waals surface area (Å²) in [6.07, 6.45) is 3.66. The molecule has 2 aromatic rings. The lowest BCUT2D eigenvalue weighted by Gasteiger charge is -2.10. The molecule has 3 heteroatoms. The number of hydrogen-bond donors (Lipinski definition) is 1. The van der Waals surface area contributed by atoms with Crippen molar-refractivity contribution in [2.75, 3.05) is 0 Å². The Morgan fingerprint density at radius 3 is 2.83 bits per heavy atom. The number of benzene rings is 1. The number of ether oxygens (including phenoxy) is 1. The van der Waals surface area contributed by atoms with Crippen LogP contribution >= 0.6 is 0 Å². The molecule has 18 heavy (non-hydrogen) atoms. The summed E-state index contributed by atoms with van der Waals surface area (Å²) in [5, 5.41) is 0. The maximum atomic E-state index is 5.84. The monoisotopic (exact) mass is 242 g/mol. The van der Waals surface area contributed by atoms with Gasteiger partial charge in [0.05, 0.1) is 0 Å². The Labute approximate surface area is 108 Å². The Hall–Kier alpha value is -1.87. The molecule has 1 heterocycles. The third-order valence-electron chi connectivity index (χ3n) is 2.72. The Morgan fingerprint density at radius 1 is 1.28 bits per heavy atom. The molecule has 3 nitrogen and oxygen atoms in total. The first-order chi connectivity index (χ1) is 8.65. The number of rotatable bonds is 4. The molecule has 0 aliphatic carbocycles. The molecule has 1 atom stereocenters. The van der Waals surface area contributed by atoms with Crippen molar-refractivity contribution in [3.05, 3.63) is 59.4 Å². The summed E-state index contributed by atoms with van der Waals surface area (Å²) in [7, 11) is 0. The van der Waals surface area contributed by atoms with Crippen molar-refractivity contribution in [1.82, 2.24) is 4.98 Å². The van der Waals surface area contributed by atoms with Crippen LogP contribution in [0.25, 0.3) is 0 Å². The molecule has 94 valence electrons. The van der Waals surface area contributed by atoms with E-state index in [2.05, 4.69) is 11.1 Å². The van der Waals surface area contributed by atoms with E-state index in [9.17, 15) is 0 Å². The molecule has 0 saturated carbocycles. The van der Waals surface area contributed by atoms with Gasteiger partial charge in [-0.1, -0.05) is 12.1 Å². The molecule has 0 saturated heterocycles. The van der Waals surface area contributed by atoms with Crippen LogP contribution in [0, 0.1) is 6.92 Å². The van der Waals surface area contributed by atoms with Crippen LogP contribution < -0.4 is 10.5 Å². The van der Waals surface area contributed by atoms with Crippen LogP contribution in [0.15, 0.2) is 42.7 Å². The summed E-state index contributed by atoms with van der Waals surface area (Å²) < 4.78 is 5.74. The maximum Gasteiger partial charge on any atom is 0.120 e. The lowest BCUT2D eigenvalue weighted by molar-refractivity contribution is 0.305. The fourth-order valence-corrected chi connectivity index (χ4v) is 1.75. The number of hydrogen-bond acceptors (Lipinski definition) is 3. The second-order valence-corrected chi connectivity index (χ2v) is 4.52. The Balaban J connectivity index is 2.04. The van der Waals surface area contributed by atoms with Gasteiger partial charge in [0.25, 0.3) is 0 Å². The fraction of sp³-hybridized carbons (Fsp3) is 0.267. The Bertz CT molecular complexity index is 523. The number of nitrogens with zero attached hydrogens (tertiary/aromatic N) is 1. The third kappa shape index (κ3) is 3.31. The molecule has 1 aromatic heterocycles. The van der Waals surface area contributed by atoms with Crippen molar-refractivity contribution in [2.24, 2.45) is 5.73 Å². The molecule has 0 aliphatic rings. The minimum Gasteiger partial charge on any atom is -0.489 e. The highest BCUT2D eigenvalue weighted by Crippen LogP contribution is 2.18. The van der Waals surface area contributed by atoms with Crippen LogP contribution in [0.3, 0.4) is 0 Å². The van der Waals surface area contributed by atoms with Gasteiger partial charge in [0, 0.05) is 24.0 Å². The van der Waals surface area contributed by atoms with Gasteiger partial charge in [-0.25, -0.2) is 0 Å². The molecule has 0 fully saturated rings. The lowest BCUT2D eigenvalue weighted by Crippen LogP contribution is -2.05. The number of nitrogens with two attached hydrogens (primary N) is 1. The van der Waals surface area contributed by atoms with E-state index in [1.807, 2.05) is 50.5 Å². The lowest BCUT2D eigenvalue weighted by atomic mass is 10.1. The largest absolute Gasteiger partial charge is 0.489 e. The van der Waals surface area contributed by atoms with Crippen molar-refractivity contribution < 1.29 is 4.74 Å². The van der Waals surface area contributed by atoms with Crippen molar-refractivity contribution >= 4 is 0 Å². The number of aromatic nitrogens is 1. The molecule has 0 spiro atoms. The van der Waals surface area contributed by atoms with Gasteiger partial charge in [-0.15, -0.1) is 0 Å². The van der Waals surface area contributed by atoms with Gasteiger partial charge < -0.3 is 10.5 Å². The smallest absolute Gasteiger partial charge is 0.120 e. The second kappa shape index (κ2) is 5.65. The first kappa shape index (κ1) is 12.6. The predicted molar refractivity (Wildman–Crippen MR) is 72.4 cm³/mol. The van der Waals surface area contributed by atoms with Gasteiger partial charge in [0.2, 0.25) is 0 Å². The van der Waals surface area contributed by atoms with E-state index < -0.39 is 0 Å². The van der Waals surface area contributed by atoms with E-state index in [4.69, 9.17) is 10.5 Å². The van der Waals surface area contributed by atoms with E-state index in [1.165, 1.54) is 0 Å². The highest BCUT2D eigenvalue weighted by molar-refractivity contribution is 5.30. The molecule has 1 aromatic carbocycles. The molecule has 2 rings (SSSR count). The van der Waals surface area contributed by atoms with E-state index in [0.29, 0.717) is 6.61 Å². The molecule has 0 aliphatic heterocycles. The van der Waals surface area contributed by atoms with Crippen LogP contribution in [0.2, 0.25) is 0 Å². The van der Waals surface area contributed by atoms with Crippen molar-refractivity contribution in [3.63, 3.8) is 0 Å². The summed E-state index contributed by atoms with van der Waals surface area (Å²) in [4.78, 5) is 4.14. The molecule has 0 amide bonds. The van der Waals surface area contributed by atoms with E-state index >= 15 is 0 Å². The van der Waals surface area contributed by atoms with Gasteiger partial charge in [0.15, 0.2) is 0 Å². The van der Waals surface area contributed by atoms with Gasteiger partial charge in [-0.2, -0.15) is 0 Å². The van der Waals surface area contributed by atoms with Gasteiger partial charge in [-0.05, 0) is 43.2 Å². The zero-order valence-corrected chi connectivity index (χ0v) is 10.8. The first-order valence-electron chi connectivity index (χ1n) is 6.04. The van der Waals surface area contributed by atoms with Crippen LogP contribution in [0.5, 0.6) is 5.75 Å². The zero-order valence-electron chi connectivity index (χ0n) is 10.8. The Morgan fingerprint density at radius 2 is 2.11 bits per heavy atom. The summed E-state index contributed by atoms with van der Waals surface area (Å²) in [5.41, 5.74) is 9.13. The first-order valence-corrected chi connectivity index (χ1v) is 6.04. The topological polar surface area (TPSA) is 48.1 Å². The molecule has 2 N–H and O–H groups in total. The van der Waals surface area contributed by atoms with Crippen molar-refractivity contribution in [1.29, 1.82) is 0 Å². The summed E-state index contributed by atoms with van der Waals surface area (Å²) in [5.74, 6) is 0.839. The second-order valence-electron chi connectivity index (χ2n) is 4.52. The summed E-state index contributed by atoms with van der Waals surface area (Å²) in [6.45, 7) is 4.51. The predicted octanol–water partition coefficient (Wildman–Crippen LogP) is 2.99. The highest BCUT2D eigenvalue weighted by atomic mass is 16.5. The van der Waals surface area contributed by atoms with E-state index in [0.717, 1.165) is 22.4 Å². The zero-order chi connectivity index (χ0) is 13.0. The molecule has 0 unspecified atom stereocenters. The Kier molecular flexibility index (Phi) is 3.95. The quantitative estimate of drug-likeness (QED) is 0.896. The number of pyridine rings is 1. The maximum absolute atomic E-state index is 5.84. The fourth-order valence-electron chi connectivity index (χ4n) is 1.75. The van der Waals surface area contributed by atoms with Gasteiger partial charge >= 0.3 is 0 Å². The van der Waals surface area contributed by atoms with Gasteiger partial charge in [-0.3, -0.25) is 4.98 Å². The third-order valence-corrected chi connectivity index (χ3v) is 2.72. The van der Waals surface area contributed by atoms with Crippen LogP contribution in [-0.4, -0.2) is 4.98 Å². The molecule has 0 radical (unpaired) electrons. The standard InChI is InChI=1S/C15H18N2O/c1-11-6-13(9-17-8-11)10-18-15-5-3-4-14(7-15)12(2)16/h3-9,12H,10,16H2,1-2H3/t12-/m1/s1. The molecular formula is C15H18N2O. The normalized spacial score (nSPS) is 12.2. The SMILES string of the molecule is Cc1cncc(COc2cccc([C@@H](C)N)c2)c1. The van der Waals surface area contributed by atoms with Crippen molar-refractivity contribution in [2.45, 2.75) is 26.5 Å². The van der Waals surface area contributed by atoms with Crippen LogP contribution in [0.1, 0.15) is 29.7 Å².